The van der Waals surface area contributed by atoms with Crippen LogP contribution in [-0.2, 0) is 27.7 Å². The lowest BCUT2D eigenvalue weighted by Gasteiger charge is -2.24. The first-order valence-corrected chi connectivity index (χ1v) is 15.3. The first-order valence-electron chi connectivity index (χ1n) is 15.3. The number of alkyl carbamates (subject to hydrolysis) is 1. The maximum Gasteiger partial charge on any atom is 0.416 e. The summed E-state index contributed by atoms with van der Waals surface area (Å²) in [6.07, 6.45) is 0.380. The first-order chi connectivity index (χ1) is 22.2. The van der Waals surface area contributed by atoms with Crippen molar-refractivity contribution in [3.05, 3.63) is 76.5 Å². The van der Waals surface area contributed by atoms with Crippen molar-refractivity contribution in [2.45, 2.75) is 82.2 Å². The second kappa shape index (κ2) is 12.9. The summed E-state index contributed by atoms with van der Waals surface area (Å²) in [6.45, 7) is 5.09. The van der Waals surface area contributed by atoms with Gasteiger partial charge in [0, 0.05) is 35.2 Å². The molecule has 47 heavy (non-hydrogen) atoms. The fraction of sp³-hybridized carbons (Fsp3) is 0.412. The van der Waals surface area contributed by atoms with Gasteiger partial charge in [0.2, 0.25) is 5.91 Å². The summed E-state index contributed by atoms with van der Waals surface area (Å²) in [5.74, 6) is 3.71. The number of rotatable bonds is 5. The predicted molar refractivity (Wildman–Crippen MR) is 167 cm³/mol. The average Bonchev–Trinajstić information content (AvgIpc) is 3.94. The number of hydrogen-bond donors (Lipinski definition) is 3. The van der Waals surface area contributed by atoms with E-state index in [0.29, 0.717) is 49.8 Å². The number of nitrogens with one attached hydrogen (secondary N) is 2. The van der Waals surface area contributed by atoms with Crippen molar-refractivity contribution in [2.75, 3.05) is 12.4 Å². The highest BCUT2D eigenvalue weighted by Gasteiger charge is 2.49. The number of nitrogens with zero attached hydrogens (tertiary/aromatic N) is 1. The number of hydrogen-bond acceptors (Lipinski definition) is 8. The monoisotopic (exact) mass is 654 g/mol. The van der Waals surface area contributed by atoms with Gasteiger partial charge in [0.15, 0.2) is 0 Å². The summed E-state index contributed by atoms with van der Waals surface area (Å²) in [7, 11) is 1.50. The Balaban J connectivity index is 0.000000175. The molecule has 0 radical (unpaired) electrons. The standard InChI is InChI=1S/C17H14N2O3.C16H18F3NO3.CH5N/c20-16-4-2-10-14(5-6-18-17(10)19-16)21-9-1-3-13-11(7-9)12-8-15(12)22-13;1-14(2,3)23-13(22)20-15(4-5-15)11-6-10(9-21)7-12(8-11)16(17,18)19;1-2/h1,3,5-7,12,15H,2,4,8H2,(H,18,19,20);6-9H,4-5H2,1-3H3,(H,20,22);2H2,1H3. The number of benzene rings is 2. The number of ether oxygens (including phenoxy) is 3. The third-order valence-electron chi connectivity index (χ3n) is 7.95. The van der Waals surface area contributed by atoms with Gasteiger partial charge in [0.25, 0.3) is 0 Å². The van der Waals surface area contributed by atoms with Crippen LogP contribution in [0.25, 0.3) is 0 Å². The Bertz CT molecular complexity index is 1680. The highest BCUT2D eigenvalue weighted by molar-refractivity contribution is 5.93. The summed E-state index contributed by atoms with van der Waals surface area (Å²) in [6, 6.07) is 11.0. The van der Waals surface area contributed by atoms with Crippen LogP contribution < -0.4 is 25.8 Å². The number of anilines is 1. The minimum absolute atomic E-state index is 0.00612. The van der Waals surface area contributed by atoms with Crippen molar-refractivity contribution in [2.24, 2.45) is 5.73 Å². The van der Waals surface area contributed by atoms with Gasteiger partial charge in [0.1, 0.15) is 41.1 Å². The molecule has 2 aliphatic carbocycles. The van der Waals surface area contributed by atoms with E-state index in [1.165, 1.54) is 18.7 Å². The van der Waals surface area contributed by atoms with Crippen LogP contribution in [0.1, 0.15) is 85.0 Å². The molecule has 3 aromatic rings. The number of aromatic nitrogens is 1. The molecule has 2 saturated carbocycles. The van der Waals surface area contributed by atoms with Crippen LogP contribution in [0.15, 0.2) is 48.7 Å². The molecule has 2 unspecified atom stereocenters. The number of alkyl halides is 3. The van der Waals surface area contributed by atoms with Crippen LogP contribution in [0.5, 0.6) is 17.2 Å². The summed E-state index contributed by atoms with van der Waals surface area (Å²) >= 11 is 0. The third-order valence-corrected chi connectivity index (χ3v) is 7.95. The average molecular weight is 655 g/mol. The normalized spacial score (nSPS) is 19.4. The molecule has 4 aliphatic rings. The molecule has 2 fully saturated rings. The quantitative estimate of drug-likeness (QED) is 0.261. The van der Waals surface area contributed by atoms with E-state index in [-0.39, 0.29) is 17.0 Å². The fourth-order valence-corrected chi connectivity index (χ4v) is 5.53. The van der Waals surface area contributed by atoms with Gasteiger partial charge >= 0.3 is 12.3 Å². The number of nitrogens with two attached hydrogens (primary N) is 1. The second-order valence-corrected chi connectivity index (χ2v) is 12.7. The van der Waals surface area contributed by atoms with Gasteiger partial charge in [-0.1, -0.05) is 0 Å². The molecule has 3 heterocycles. The molecular weight excluding hydrogens is 617 g/mol. The van der Waals surface area contributed by atoms with Gasteiger partial charge in [-0.05, 0) is 102 Å². The van der Waals surface area contributed by atoms with Crippen molar-refractivity contribution < 1.29 is 41.8 Å². The van der Waals surface area contributed by atoms with Crippen molar-refractivity contribution in [3.8, 4) is 17.2 Å². The molecule has 0 spiro atoms. The smallest absolute Gasteiger partial charge is 0.416 e. The van der Waals surface area contributed by atoms with Gasteiger partial charge in [-0.3, -0.25) is 9.59 Å². The molecule has 250 valence electrons. The molecule has 0 bridgehead atoms. The molecule has 0 saturated heterocycles. The number of carbonyl (C=O) groups excluding carboxylic acids is 3. The van der Waals surface area contributed by atoms with Crippen LogP contribution in [0.4, 0.5) is 23.8 Å². The maximum atomic E-state index is 12.9. The topological polar surface area (TPSA) is 142 Å². The Hall–Kier alpha value is -4.65. The van der Waals surface area contributed by atoms with Crippen LogP contribution >= 0.6 is 0 Å². The van der Waals surface area contributed by atoms with E-state index < -0.39 is 29.0 Å². The highest BCUT2D eigenvalue weighted by Crippen LogP contribution is 2.54. The van der Waals surface area contributed by atoms with E-state index in [9.17, 15) is 27.6 Å². The van der Waals surface area contributed by atoms with Gasteiger partial charge in [-0.25, -0.2) is 9.78 Å². The summed E-state index contributed by atoms with van der Waals surface area (Å²) in [5.41, 5.74) is 4.38. The van der Waals surface area contributed by atoms with Crippen LogP contribution in [0.2, 0.25) is 0 Å². The Morgan fingerprint density at radius 2 is 1.85 bits per heavy atom. The SMILES string of the molecule is CC(C)(C)OC(=O)NC1(c2cc(C=O)cc(C(F)(F)F)c2)CC1.CN.O=C1CCc2c(Oc3ccc4c(c3)C3CC3O4)ccnc2N1. The van der Waals surface area contributed by atoms with E-state index in [4.69, 9.17) is 14.2 Å². The number of carbonyl (C=O) groups is 3. The molecule has 2 amide bonds. The number of aldehydes is 1. The number of pyridine rings is 1. The van der Waals surface area contributed by atoms with Gasteiger partial charge in [-0.2, -0.15) is 13.2 Å². The van der Waals surface area contributed by atoms with E-state index in [1.54, 1.807) is 27.0 Å². The molecule has 1 aromatic heterocycles. The minimum Gasteiger partial charge on any atom is -0.489 e. The van der Waals surface area contributed by atoms with Crippen LogP contribution in [0.3, 0.4) is 0 Å². The first kappa shape index (κ1) is 33.7. The van der Waals surface area contributed by atoms with Crippen LogP contribution in [-0.4, -0.2) is 42.0 Å². The van der Waals surface area contributed by atoms with Crippen molar-refractivity contribution in [1.29, 1.82) is 0 Å². The summed E-state index contributed by atoms with van der Waals surface area (Å²) < 4.78 is 55.8. The summed E-state index contributed by atoms with van der Waals surface area (Å²) in [4.78, 5) is 38.5. The fourth-order valence-electron chi connectivity index (χ4n) is 5.53. The summed E-state index contributed by atoms with van der Waals surface area (Å²) in [5, 5.41) is 5.42. The molecule has 7 rings (SSSR count). The van der Waals surface area contributed by atoms with Gasteiger partial charge in [-0.15, -0.1) is 0 Å². The molecule has 13 heteroatoms. The number of halogens is 3. The van der Waals surface area contributed by atoms with E-state index >= 15 is 0 Å². The zero-order valence-electron chi connectivity index (χ0n) is 26.5. The number of amides is 2. The predicted octanol–water partition coefficient (Wildman–Crippen LogP) is 6.61. The lowest BCUT2D eigenvalue weighted by molar-refractivity contribution is -0.137. The molecular formula is C34H37F3N4O6. The van der Waals surface area contributed by atoms with E-state index in [1.807, 2.05) is 18.2 Å². The lowest BCUT2D eigenvalue weighted by Crippen LogP contribution is -2.39. The molecule has 2 aliphatic heterocycles. The van der Waals surface area contributed by atoms with Crippen molar-refractivity contribution in [1.82, 2.24) is 10.3 Å². The van der Waals surface area contributed by atoms with E-state index in [0.717, 1.165) is 41.4 Å². The molecule has 4 N–H and O–H groups in total. The molecule has 10 nitrogen and oxygen atoms in total. The third kappa shape index (κ3) is 7.84. The Kier molecular flexibility index (Phi) is 9.22. The Morgan fingerprint density at radius 3 is 2.51 bits per heavy atom. The Morgan fingerprint density at radius 1 is 1.11 bits per heavy atom. The molecule has 2 atom stereocenters. The van der Waals surface area contributed by atoms with Gasteiger partial charge in [0.05, 0.1) is 11.1 Å². The zero-order chi connectivity index (χ0) is 34.1. The zero-order valence-corrected chi connectivity index (χ0v) is 26.5. The largest absolute Gasteiger partial charge is 0.489 e. The van der Waals surface area contributed by atoms with Gasteiger partial charge < -0.3 is 30.6 Å². The van der Waals surface area contributed by atoms with Crippen molar-refractivity contribution >= 4 is 24.1 Å². The highest BCUT2D eigenvalue weighted by atomic mass is 19.4. The lowest BCUT2D eigenvalue weighted by atomic mass is 9.98. The maximum absolute atomic E-state index is 12.9. The second-order valence-electron chi connectivity index (χ2n) is 12.7. The number of fused-ring (bicyclic) bond motifs is 4. The van der Waals surface area contributed by atoms with Crippen LogP contribution in [0, 0.1) is 0 Å². The van der Waals surface area contributed by atoms with E-state index in [2.05, 4.69) is 27.4 Å². The van der Waals surface area contributed by atoms with Crippen molar-refractivity contribution in [3.63, 3.8) is 0 Å². The molecule has 2 aromatic carbocycles. The minimum atomic E-state index is -4.56. The Labute approximate surface area is 270 Å².